The molecule has 0 bridgehead atoms. The number of halogens is 2. The highest BCUT2D eigenvalue weighted by atomic mass is 79.9. The summed E-state index contributed by atoms with van der Waals surface area (Å²) in [5, 5.41) is 3.36. The number of hydrogen-bond acceptors (Lipinski definition) is 2. The van der Waals surface area contributed by atoms with Crippen LogP contribution in [0.5, 0.6) is 0 Å². The molecule has 1 aliphatic heterocycles. The van der Waals surface area contributed by atoms with Crippen LogP contribution in [0, 0.1) is 5.82 Å². The molecule has 1 amide bonds. The largest absolute Gasteiger partial charge is 0.351 e. The fraction of sp³-hybridized carbons (Fsp3) is 0.417. The Morgan fingerprint density at radius 3 is 3.06 bits per heavy atom. The minimum absolute atomic E-state index is 0.205. The Bertz CT molecular complexity index is 421. The van der Waals surface area contributed by atoms with Gasteiger partial charge >= 0.3 is 0 Å². The average Bonchev–Trinajstić information content (AvgIpc) is 2.82. The van der Waals surface area contributed by atoms with Gasteiger partial charge in [0, 0.05) is 17.4 Å². The van der Waals surface area contributed by atoms with Crippen LogP contribution in [0.25, 0.3) is 0 Å². The quantitative estimate of drug-likeness (QED) is 0.927. The Labute approximate surface area is 112 Å². The highest BCUT2D eigenvalue weighted by Gasteiger charge is 2.17. The lowest BCUT2D eigenvalue weighted by Crippen LogP contribution is -2.29. The van der Waals surface area contributed by atoms with Gasteiger partial charge in [0.1, 0.15) is 5.82 Å². The standard InChI is InChI=1S/C12H13BrFNOS/c13-10-4-3-8(6-11(10)14)12(16)15-7-9-2-1-5-17-9/h3-4,6,9H,1-2,5,7H2,(H,15,16). The topological polar surface area (TPSA) is 29.1 Å². The number of rotatable bonds is 3. The van der Waals surface area contributed by atoms with Crippen molar-refractivity contribution in [3.05, 3.63) is 34.1 Å². The molecule has 2 nitrogen and oxygen atoms in total. The van der Waals surface area contributed by atoms with Crippen molar-refractivity contribution >= 4 is 33.6 Å². The molecule has 0 radical (unpaired) electrons. The predicted octanol–water partition coefficient (Wildman–Crippen LogP) is 3.21. The molecule has 0 aromatic heterocycles. The molecule has 1 fully saturated rings. The van der Waals surface area contributed by atoms with Crippen molar-refractivity contribution in [1.82, 2.24) is 5.32 Å². The molecule has 1 heterocycles. The zero-order chi connectivity index (χ0) is 12.3. The van der Waals surface area contributed by atoms with Crippen molar-refractivity contribution in [1.29, 1.82) is 0 Å². The van der Waals surface area contributed by atoms with Crippen LogP contribution in [-0.2, 0) is 0 Å². The third-order valence-corrected chi connectivity index (χ3v) is 4.74. The number of carbonyl (C=O) groups excluding carboxylic acids is 1. The summed E-state index contributed by atoms with van der Waals surface area (Å²) in [5.41, 5.74) is 0.369. The van der Waals surface area contributed by atoms with Crippen LogP contribution in [0.15, 0.2) is 22.7 Å². The summed E-state index contributed by atoms with van der Waals surface area (Å²) in [7, 11) is 0. The highest BCUT2D eigenvalue weighted by Crippen LogP contribution is 2.25. The van der Waals surface area contributed by atoms with E-state index in [0.29, 0.717) is 21.8 Å². The third-order valence-electron chi connectivity index (χ3n) is 2.70. The van der Waals surface area contributed by atoms with E-state index in [0.717, 1.165) is 6.42 Å². The lowest BCUT2D eigenvalue weighted by molar-refractivity contribution is 0.0953. The van der Waals surface area contributed by atoms with E-state index >= 15 is 0 Å². The SMILES string of the molecule is O=C(NCC1CCCS1)c1ccc(Br)c(F)c1. The van der Waals surface area contributed by atoms with E-state index in [1.807, 2.05) is 11.8 Å². The van der Waals surface area contributed by atoms with Crippen molar-refractivity contribution in [3.63, 3.8) is 0 Å². The molecule has 0 aliphatic carbocycles. The summed E-state index contributed by atoms with van der Waals surface area (Å²) < 4.78 is 13.6. The third kappa shape index (κ3) is 3.45. The highest BCUT2D eigenvalue weighted by molar-refractivity contribution is 9.10. The number of thioether (sulfide) groups is 1. The molecule has 92 valence electrons. The molecule has 1 aromatic rings. The molecule has 0 spiro atoms. The molecule has 1 saturated heterocycles. The van der Waals surface area contributed by atoms with Crippen LogP contribution in [-0.4, -0.2) is 23.5 Å². The van der Waals surface area contributed by atoms with E-state index < -0.39 is 5.82 Å². The monoisotopic (exact) mass is 317 g/mol. The fourth-order valence-electron chi connectivity index (χ4n) is 1.75. The first kappa shape index (κ1) is 12.9. The second kappa shape index (κ2) is 5.87. The van der Waals surface area contributed by atoms with Gasteiger partial charge in [0.2, 0.25) is 0 Å². The summed E-state index contributed by atoms with van der Waals surface area (Å²) in [5.74, 6) is 0.560. The summed E-state index contributed by atoms with van der Waals surface area (Å²) in [6.07, 6.45) is 2.37. The summed E-state index contributed by atoms with van der Waals surface area (Å²) >= 11 is 4.95. The van der Waals surface area contributed by atoms with Gasteiger partial charge in [-0.05, 0) is 52.7 Å². The second-order valence-electron chi connectivity index (χ2n) is 3.97. The molecule has 1 aliphatic rings. The van der Waals surface area contributed by atoms with E-state index in [4.69, 9.17) is 0 Å². The van der Waals surface area contributed by atoms with Crippen molar-refractivity contribution in [3.8, 4) is 0 Å². The van der Waals surface area contributed by atoms with Gasteiger partial charge in [0.25, 0.3) is 5.91 Å². The van der Waals surface area contributed by atoms with E-state index in [9.17, 15) is 9.18 Å². The molecule has 17 heavy (non-hydrogen) atoms. The predicted molar refractivity (Wildman–Crippen MR) is 71.9 cm³/mol. The maximum Gasteiger partial charge on any atom is 0.251 e. The minimum atomic E-state index is -0.409. The van der Waals surface area contributed by atoms with Crippen LogP contribution in [0.2, 0.25) is 0 Å². The van der Waals surface area contributed by atoms with Crippen molar-refractivity contribution < 1.29 is 9.18 Å². The Morgan fingerprint density at radius 1 is 1.59 bits per heavy atom. The van der Waals surface area contributed by atoms with Gasteiger partial charge < -0.3 is 5.32 Å². The van der Waals surface area contributed by atoms with Crippen LogP contribution in [0.4, 0.5) is 4.39 Å². The molecule has 1 N–H and O–H groups in total. The number of carbonyl (C=O) groups is 1. The average molecular weight is 318 g/mol. The Hall–Kier alpha value is -0.550. The van der Waals surface area contributed by atoms with E-state index in [1.54, 1.807) is 12.1 Å². The second-order valence-corrected chi connectivity index (χ2v) is 6.24. The van der Waals surface area contributed by atoms with Gasteiger partial charge in [0.15, 0.2) is 0 Å². The number of nitrogens with one attached hydrogen (secondary N) is 1. The van der Waals surface area contributed by atoms with Crippen LogP contribution < -0.4 is 5.32 Å². The first-order valence-electron chi connectivity index (χ1n) is 5.51. The van der Waals surface area contributed by atoms with Gasteiger partial charge in [-0.25, -0.2) is 4.39 Å². The molecule has 1 aromatic carbocycles. The molecular weight excluding hydrogens is 305 g/mol. The van der Waals surface area contributed by atoms with Crippen molar-refractivity contribution in [2.45, 2.75) is 18.1 Å². The smallest absolute Gasteiger partial charge is 0.251 e. The van der Waals surface area contributed by atoms with E-state index in [2.05, 4.69) is 21.2 Å². The van der Waals surface area contributed by atoms with Gasteiger partial charge in [-0.1, -0.05) is 0 Å². The fourth-order valence-corrected chi connectivity index (χ4v) is 3.20. The van der Waals surface area contributed by atoms with Gasteiger partial charge in [0.05, 0.1) is 4.47 Å². The maximum atomic E-state index is 13.2. The Balaban J connectivity index is 1.92. The van der Waals surface area contributed by atoms with Crippen LogP contribution >= 0.6 is 27.7 Å². The molecule has 0 saturated carbocycles. The number of hydrogen-bond donors (Lipinski definition) is 1. The summed E-state index contributed by atoms with van der Waals surface area (Å²) in [4.78, 5) is 11.8. The Morgan fingerprint density at radius 2 is 2.41 bits per heavy atom. The van der Waals surface area contributed by atoms with E-state index in [1.165, 1.54) is 18.2 Å². The first-order valence-corrected chi connectivity index (χ1v) is 7.36. The lowest BCUT2D eigenvalue weighted by atomic mass is 10.2. The normalized spacial score (nSPS) is 19.3. The van der Waals surface area contributed by atoms with Crippen LogP contribution in [0.3, 0.4) is 0 Å². The molecule has 5 heteroatoms. The van der Waals surface area contributed by atoms with Gasteiger partial charge in [-0.3, -0.25) is 4.79 Å². The number of benzene rings is 1. The minimum Gasteiger partial charge on any atom is -0.351 e. The molecule has 1 unspecified atom stereocenters. The van der Waals surface area contributed by atoms with Crippen LogP contribution in [0.1, 0.15) is 23.2 Å². The summed E-state index contributed by atoms with van der Waals surface area (Å²) in [6.45, 7) is 0.668. The van der Waals surface area contributed by atoms with E-state index in [-0.39, 0.29) is 5.91 Å². The molecule has 2 rings (SSSR count). The maximum absolute atomic E-state index is 13.2. The molecular formula is C12H13BrFNOS. The summed E-state index contributed by atoms with van der Waals surface area (Å²) in [6, 6.07) is 4.42. The van der Waals surface area contributed by atoms with Crippen molar-refractivity contribution in [2.24, 2.45) is 0 Å². The van der Waals surface area contributed by atoms with Gasteiger partial charge in [-0.15, -0.1) is 0 Å². The van der Waals surface area contributed by atoms with Gasteiger partial charge in [-0.2, -0.15) is 11.8 Å². The molecule has 1 atom stereocenters. The first-order chi connectivity index (χ1) is 8.16. The lowest BCUT2D eigenvalue weighted by Gasteiger charge is -2.10. The zero-order valence-electron chi connectivity index (χ0n) is 9.21. The number of amides is 1. The van der Waals surface area contributed by atoms with Crippen molar-refractivity contribution in [2.75, 3.05) is 12.3 Å². The Kier molecular flexibility index (Phi) is 4.45. The zero-order valence-corrected chi connectivity index (χ0v) is 11.6.